The lowest BCUT2D eigenvalue weighted by Gasteiger charge is -2.31. The highest BCUT2D eigenvalue weighted by molar-refractivity contribution is 5.92. The molecule has 8 heteroatoms. The molecule has 0 aliphatic carbocycles. The molecule has 1 unspecified atom stereocenters. The summed E-state index contributed by atoms with van der Waals surface area (Å²) in [5.41, 5.74) is 7.38. The van der Waals surface area contributed by atoms with Gasteiger partial charge in [0.05, 0.1) is 5.92 Å². The van der Waals surface area contributed by atoms with E-state index in [1.54, 1.807) is 4.90 Å². The summed E-state index contributed by atoms with van der Waals surface area (Å²) < 4.78 is 5.55. The van der Waals surface area contributed by atoms with Crippen molar-refractivity contribution in [3.8, 4) is 5.75 Å². The number of carbonyl (C=O) groups excluding carboxylic acids is 3. The Morgan fingerprint density at radius 2 is 1.63 bits per heavy atom. The minimum Gasteiger partial charge on any atom is -0.484 e. The molecule has 2 aromatic rings. The number of para-hydroxylation sites is 1. The number of ether oxygens (including phenoxy) is 1. The van der Waals surface area contributed by atoms with Gasteiger partial charge in [0.1, 0.15) is 5.75 Å². The van der Waals surface area contributed by atoms with E-state index in [9.17, 15) is 14.4 Å². The lowest BCUT2D eigenvalue weighted by atomic mass is 9.95. The third-order valence-electron chi connectivity index (χ3n) is 6.86. The van der Waals surface area contributed by atoms with Crippen LogP contribution in [0.2, 0.25) is 0 Å². The molecule has 2 aliphatic rings. The largest absolute Gasteiger partial charge is 0.484 e. The van der Waals surface area contributed by atoms with E-state index in [1.807, 2.05) is 54.6 Å². The maximum Gasteiger partial charge on any atom is 0.260 e. The fourth-order valence-electron chi connectivity index (χ4n) is 4.77. The van der Waals surface area contributed by atoms with Gasteiger partial charge in [-0.15, -0.1) is 0 Å². The fourth-order valence-corrected chi connectivity index (χ4v) is 4.77. The number of nitrogens with zero attached hydrogens (tertiary/aromatic N) is 2. The first-order valence-electron chi connectivity index (χ1n) is 12.3. The zero-order valence-electron chi connectivity index (χ0n) is 20.0. The summed E-state index contributed by atoms with van der Waals surface area (Å²) in [4.78, 5) is 40.7. The predicted molar refractivity (Wildman–Crippen MR) is 134 cm³/mol. The highest BCUT2D eigenvalue weighted by atomic mass is 16.5. The van der Waals surface area contributed by atoms with Gasteiger partial charge in [-0.25, -0.2) is 0 Å². The molecule has 3 amide bonds. The molecule has 0 bridgehead atoms. The van der Waals surface area contributed by atoms with Crippen LogP contribution in [0.15, 0.2) is 54.6 Å². The van der Waals surface area contributed by atoms with Gasteiger partial charge >= 0.3 is 0 Å². The summed E-state index contributed by atoms with van der Waals surface area (Å²) in [6.07, 6.45) is 3.12. The number of piperidine rings is 2. The van der Waals surface area contributed by atoms with Crippen molar-refractivity contribution in [1.29, 1.82) is 0 Å². The molecule has 0 aromatic heterocycles. The van der Waals surface area contributed by atoms with Crippen LogP contribution in [0, 0.1) is 11.8 Å². The SMILES string of the molecule is NC(=O)C1CCCN(Cc2ccc(NC(=O)C3CCN(C(=O)COc4ccccc4)CC3)cc2)C1. The first-order chi connectivity index (χ1) is 17.0. The van der Waals surface area contributed by atoms with Gasteiger partial charge in [-0.3, -0.25) is 19.3 Å². The number of amides is 3. The van der Waals surface area contributed by atoms with Crippen LogP contribution in [0.4, 0.5) is 5.69 Å². The van der Waals surface area contributed by atoms with Gasteiger partial charge in [0.2, 0.25) is 11.8 Å². The van der Waals surface area contributed by atoms with Crippen LogP contribution in [0.25, 0.3) is 0 Å². The summed E-state index contributed by atoms with van der Waals surface area (Å²) in [6.45, 7) is 3.54. The average Bonchev–Trinajstić information content (AvgIpc) is 2.89. The second-order valence-corrected chi connectivity index (χ2v) is 9.42. The molecule has 2 saturated heterocycles. The van der Waals surface area contributed by atoms with E-state index < -0.39 is 0 Å². The van der Waals surface area contributed by atoms with Gasteiger partial charge < -0.3 is 20.7 Å². The molecule has 3 N–H and O–H groups in total. The summed E-state index contributed by atoms with van der Waals surface area (Å²) in [5.74, 6) is 0.202. The zero-order chi connectivity index (χ0) is 24.6. The summed E-state index contributed by atoms with van der Waals surface area (Å²) in [5, 5.41) is 3.01. The molecule has 2 fully saturated rings. The monoisotopic (exact) mass is 478 g/mol. The minimum absolute atomic E-state index is 0.00778. The number of likely N-dealkylation sites (tertiary alicyclic amines) is 2. The van der Waals surface area contributed by atoms with E-state index in [0.717, 1.165) is 37.2 Å². The quantitative estimate of drug-likeness (QED) is 0.607. The van der Waals surface area contributed by atoms with Crippen molar-refractivity contribution in [2.45, 2.75) is 32.2 Å². The number of carbonyl (C=O) groups is 3. The molecule has 8 nitrogen and oxygen atoms in total. The second kappa shape index (κ2) is 11.8. The third kappa shape index (κ3) is 7.05. The van der Waals surface area contributed by atoms with Crippen molar-refractivity contribution in [3.63, 3.8) is 0 Å². The zero-order valence-corrected chi connectivity index (χ0v) is 20.0. The van der Waals surface area contributed by atoms with Gasteiger partial charge in [0, 0.05) is 37.8 Å². The van der Waals surface area contributed by atoms with Gasteiger partial charge in [-0.1, -0.05) is 30.3 Å². The Balaban J connectivity index is 1.19. The Morgan fingerprint density at radius 3 is 2.31 bits per heavy atom. The number of nitrogens with one attached hydrogen (secondary N) is 1. The molecule has 186 valence electrons. The van der Waals surface area contributed by atoms with Crippen LogP contribution in [-0.4, -0.2) is 60.3 Å². The van der Waals surface area contributed by atoms with Gasteiger partial charge in [0.25, 0.3) is 5.91 Å². The molecule has 35 heavy (non-hydrogen) atoms. The Morgan fingerprint density at radius 1 is 0.914 bits per heavy atom. The van der Waals surface area contributed by atoms with Crippen molar-refractivity contribution >= 4 is 23.4 Å². The molecular weight excluding hydrogens is 444 g/mol. The number of hydrogen-bond donors (Lipinski definition) is 2. The van der Waals surface area contributed by atoms with Crippen LogP contribution < -0.4 is 15.8 Å². The third-order valence-corrected chi connectivity index (χ3v) is 6.86. The molecule has 2 heterocycles. The van der Waals surface area contributed by atoms with Gasteiger partial charge in [-0.2, -0.15) is 0 Å². The van der Waals surface area contributed by atoms with E-state index in [2.05, 4.69) is 10.2 Å². The van der Waals surface area contributed by atoms with Crippen LogP contribution in [0.1, 0.15) is 31.2 Å². The number of rotatable bonds is 8. The molecular formula is C27H34N4O4. The van der Waals surface area contributed by atoms with E-state index in [1.165, 1.54) is 0 Å². The van der Waals surface area contributed by atoms with Crippen molar-refractivity contribution in [2.24, 2.45) is 17.6 Å². The van der Waals surface area contributed by atoms with Crippen LogP contribution in [0.5, 0.6) is 5.75 Å². The number of hydrogen-bond acceptors (Lipinski definition) is 5. The molecule has 4 rings (SSSR count). The summed E-state index contributed by atoms with van der Waals surface area (Å²) >= 11 is 0. The van der Waals surface area contributed by atoms with Crippen molar-refractivity contribution < 1.29 is 19.1 Å². The second-order valence-electron chi connectivity index (χ2n) is 9.42. The first-order valence-corrected chi connectivity index (χ1v) is 12.3. The molecule has 0 radical (unpaired) electrons. The number of primary amides is 1. The van der Waals surface area contributed by atoms with Crippen LogP contribution in [-0.2, 0) is 20.9 Å². The lowest BCUT2D eigenvalue weighted by molar-refractivity contribution is -0.136. The molecule has 0 saturated carbocycles. The highest BCUT2D eigenvalue weighted by Gasteiger charge is 2.28. The van der Waals surface area contributed by atoms with E-state index >= 15 is 0 Å². The molecule has 2 aliphatic heterocycles. The minimum atomic E-state index is -0.219. The van der Waals surface area contributed by atoms with E-state index in [-0.39, 0.29) is 36.2 Å². The van der Waals surface area contributed by atoms with E-state index in [4.69, 9.17) is 10.5 Å². The molecule has 0 spiro atoms. The topological polar surface area (TPSA) is 105 Å². The summed E-state index contributed by atoms with van der Waals surface area (Å²) in [6, 6.07) is 17.1. The fraction of sp³-hybridized carbons (Fsp3) is 0.444. The van der Waals surface area contributed by atoms with Crippen LogP contribution in [0.3, 0.4) is 0 Å². The Bertz CT molecular complexity index is 1000. The first kappa shape index (κ1) is 24.7. The number of anilines is 1. The molecule has 2 aromatic carbocycles. The highest BCUT2D eigenvalue weighted by Crippen LogP contribution is 2.22. The lowest BCUT2D eigenvalue weighted by Crippen LogP contribution is -2.43. The Kier molecular flexibility index (Phi) is 8.36. The standard InChI is InChI=1S/C27H34N4O4/c28-26(33)22-5-4-14-30(18-22)17-20-8-10-23(11-9-20)29-27(34)21-12-15-31(16-13-21)25(32)19-35-24-6-2-1-3-7-24/h1-3,6-11,21-22H,4-5,12-19H2,(H2,28,33)(H,29,34). The van der Waals surface area contributed by atoms with Crippen LogP contribution >= 0.6 is 0 Å². The smallest absolute Gasteiger partial charge is 0.260 e. The van der Waals surface area contributed by atoms with Crippen molar-refractivity contribution in [3.05, 3.63) is 60.2 Å². The maximum atomic E-state index is 12.8. The predicted octanol–water partition coefficient (Wildman–Crippen LogP) is 2.64. The number of benzene rings is 2. The van der Waals surface area contributed by atoms with Gasteiger partial charge in [-0.05, 0) is 62.1 Å². The molecule has 1 atom stereocenters. The Labute approximate surface area is 206 Å². The van der Waals surface area contributed by atoms with Crippen molar-refractivity contribution in [2.75, 3.05) is 38.1 Å². The van der Waals surface area contributed by atoms with Gasteiger partial charge in [0.15, 0.2) is 6.61 Å². The average molecular weight is 479 g/mol. The normalized spacial score (nSPS) is 19.2. The summed E-state index contributed by atoms with van der Waals surface area (Å²) in [7, 11) is 0. The number of nitrogens with two attached hydrogens (primary N) is 1. The Hall–Kier alpha value is -3.39. The van der Waals surface area contributed by atoms with Crippen molar-refractivity contribution in [1.82, 2.24) is 9.80 Å². The van der Waals surface area contributed by atoms with E-state index in [0.29, 0.717) is 38.2 Å². The maximum absolute atomic E-state index is 12.8.